The zero-order valence-electron chi connectivity index (χ0n) is 14.6. The lowest BCUT2D eigenvalue weighted by molar-refractivity contribution is -0.157. The maximum atomic E-state index is 13.1. The van der Waals surface area contributed by atoms with E-state index in [1.165, 1.54) is 4.31 Å². The highest BCUT2D eigenvalue weighted by Crippen LogP contribution is 2.47. The van der Waals surface area contributed by atoms with Crippen molar-refractivity contribution in [2.75, 3.05) is 19.6 Å². The van der Waals surface area contributed by atoms with Crippen LogP contribution in [0.3, 0.4) is 0 Å². The maximum absolute atomic E-state index is 13.1. The molecule has 26 heavy (non-hydrogen) atoms. The number of nitrogens with zero attached hydrogens (tertiary/aromatic N) is 3. The Morgan fingerprint density at radius 2 is 2.04 bits per heavy atom. The Bertz CT molecular complexity index is 826. The first-order valence-corrected chi connectivity index (χ1v) is 10.8. The third-order valence-electron chi connectivity index (χ3n) is 6.39. The van der Waals surface area contributed by atoms with Crippen molar-refractivity contribution < 1.29 is 17.9 Å². The van der Waals surface area contributed by atoms with Gasteiger partial charge in [-0.3, -0.25) is 9.78 Å². The number of carbonyl (C=O) groups is 1. The van der Waals surface area contributed by atoms with Gasteiger partial charge < -0.3 is 9.64 Å². The van der Waals surface area contributed by atoms with E-state index in [1.54, 1.807) is 12.4 Å². The summed E-state index contributed by atoms with van der Waals surface area (Å²) in [6.07, 6.45) is 6.71. The molecule has 0 N–H and O–H groups in total. The van der Waals surface area contributed by atoms with Crippen LogP contribution in [0.4, 0.5) is 0 Å². The normalized spacial score (nSPS) is 35.9. The molecule has 1 aromatic heterocycles. The number of fused-ring (bicyclic) bond motifs is 1. The molecular weight excluding hydrogens is 354 g/mol. The minimum Gasteiger partial charge on any atom is -0.365 e. The molecule has 0 unspecified atom stereocenters. The van der Waals surface area contributed by atoms with Gasteiger partial charge in [0.05, 0.1) is 12.6 Å². The standard InChI is InChI=1S/C18H23N3O4S/c22-17(14-2-1-3-14)20-10-15-8-16-18(11-20,25-15)12-21(26(16,23)24)9-13-4-6-19-7-5-13/h4-7,14-16H,1-3,8-12H2/t15-,16+,18+/m1/s1. The van der Waals surface area contributed by atoms with Crippen LogP contribution in [0.2, 0.25) is 0 Å². The summed E-state index contributed by atoms with van der Waals surface area (Å²) in [5.74, 6) is 0.322. The first kappa shape index (κ1) is 16.6. The number of likely N-dealkylation sites (tertiary alicyclic amines) is 1. The van der Waals surface area contributed by atoms with Crippen LogP contribution in [0.5, 0.6) is 0 Å². The second-order valence-electron chi connectivity index (χ2n) is 8.04. The monoisotopic (exact) mass is 377 g/mol. The number of sulfonamides is 1. The number of pyridine rings is 1. The molecule has 1 aromatic rings. The third kappa shape index (κ3) is 2.42. The molecule has 5 rings (SSSR count). The lowest BCUT2D eigenvalue weighted by atomic mass is 9.84. The van der Waals surface area contributed by atoms with Crippen LogP contribution >= 0.6 is 0 Å². The fourth-order valence-corrected chi connectivity index (χ4v) is 7.16. The van der Waals surface area contributed by atoms with Crippen LogP contribution in [0.25, 0.3) is 0 Å². The fourth-order valence-electron chi connectivity index (χ4n) is 4.86. The molecule has 4 heterocycles. The Hall–Kier alpha value is -1.51. The number of rotatable bonds is 3. The second kappa shape index (κ2) is 5.74. The quantitative estimate of drug-likeness (QED) is 0.777. The minimum absolute atomic E-state index is 0.133. The van der Waals surface area contributed by atoms with E-state index in [0.29, 0.717) is 32.6 Å². The van der Waals surface area contributed by atoms with Gasteiger partial charge in [0.15, 0.2) is 0 Å². The zero-order valence-corrected chi connectivity index (χ0v) is 15.4. The van der Waals surface area contributed by atoms with Gasteiger partial charge in [0.2, 0.25) is 15.9 Å². The maximum Gasteiger partial charge on any atom is 0.225 e. The smallest absolute Gasteiger partial charge is 0.225 e. The molecule has 1 saturated carbocycles. The molecule has 7 nitrogen and oxygen atoms in total. The predicted octanol–water partition coefficient (Wildman–Crippen LogP) is 0.766. The van der Waals surface area contributed by atoms with Crippen molar-refractivity contribution >= 4 is 15.9 Å². The van der Waals surface area contributed by atoms with Crippen molar-refractivity contribution in [3.05, 3.63) is 30.1 Å². The number of hydrogen-bond donors (Lipinski definition) is 0. The van der Waals surface area contributed by atoms with E-state index in [0.717, 1.165) is 24.8 Å². The molecule has 1 spiro atoms. The Kier molecular flexibility index (Phi) is 3.68. The summed E-state index contributed by atoms with van der Waals surface area (Å²) in [6.45, 7) is 1.59. The van der Waals surface area contributed by atoms with Crippen LogP contribution in [-0.4, -0.2) is 65.1 Å². The van der Waals surface area contributed by atoms with Crippen LogP contribution in [0.15, 0.2) is 24.5 Å². The molecule has 8 heteroatoms. The van der Waals surface area contributed by atoms with Crippen molar-refractivity contribution in [2.24, 2.45) is 5.92 Å². The van der Waals surface area contributed by atoms with Crippen molar-refractivity contribution in [2.45, 2.75) is 49.2 Å². The van der Waals surface area contributed by atoms with Crippen LogP contribution in [0, 0.1) is 5.92 Å². The summed E-state index contributed by atoms with van der Waals surface area (Å²) in [6, 6.07) is 3.66. The Labute approximate surface area is 153 Å². The zero-order chi connectivity index (χ0) is 17.9. The molecular formula is C18H23N3O4S. The highest BCUT2D eigenvalue weighted by Gasteiger charge is 2.65. The van der Waals surface area contributed by atoms with Crippen LogP contribution < -0.4 is 0 Å². The lowest BCUT2D eigenvalue weighted by Gasteiger charge is -2.42. The highest BCUT2D eigenvalue weighted by molar-refractivity contribution is 7.90. The van der Waals surface area contributed by atoms with E-state index >= 15 is 0 Å². The summed E-state index contributed by atoms with van der Waals surface area (Å²) in [7, 11) is -3.44. The molecule has 4 aliphatic rings. The van der Waals surface area contributed by atoms with Crippen LogP contribution in [0.1, 0.15) is 31.2 Å². The molecule has 3 atom stereocenters. The number of ether oxygens (including phenoxy) is 1. The van der Waals surface area contributed by atoms with E-state index in [2.05, 4.69) is 4.98 Å². The SMILES string of the molecule is O=C(C1CCC1)N1C[C@H]2C[C@H]3[C@](C1)(CN(Cc1ccncc1)S3(=O)=O)O2. The third-order valence-corrected chi connectivity index (χ3v) is 8.70. The van der Waals surface area contributed by atoms with Gasteiger partial charge in [-0.05, 0) is 37.0 Å². The number of morpholine rings is 1. The second-order valence-corrected chi connectivity index (χ2v) is 10.2. The molecule has 4 fully saturated rings. The number of hydrogen-bond acceptors (Lipinski definition) is 5. The van der Waals surface area contributed by atoms with Gasteiger partial charge >= 0.3 is 0 Å². The summed E-state index contributed by atoms with van der Waals surface area (Å²) in [5, 5.41) is -0.541. The van der Waals surface area contributed by atoms with Gasteiger partial charge in [0.1, 0.15) is 10.9 Å². The number of aromatic nitrogens is 1. The van der Waals surface area contributed by atoms with E-state index in [1.807, 2.05) is 17.0 Å². The Balaban J connectivity index is 1.40. The lowest BCUT2D eigenvalue weighted by Crippen LogP contribution is -2.57. The average molecular weight is 377 g/mol. The summed E-state index contributed by atoms with van der Waals surface area (Å²) in [5.41, 5.74) is 0.142. The van der Waals surface area contributed by atoms with Crippen molar-refractivity contribution in [3.63, 3.8) is 0 Å². The predicted molar refractivity (Wildman–Crippen MR) is 93.5 cm³/mol. The van der Waals surface area contributed by atoms with E-state index in [-0.39, 0.29) is 17.9 Å². The molecule has 0 aromatic carbocycles. The van der Waals surface area contributed by atoms with Gasteiger partial charge in [-0.15, -0.1) is 0 Å². The van der Waals surface area contributed by atoms with Crippen molar-refractivity contribution in [1.29, 1.82) is 0 Å². The number of carbonyl (C=O) groups excluding carboxylic acids is 1. The molecule has 2 bridgehead atoms. The van der Waals surface area contributed by atoms with Crippen molar-refractivity contribution in [1.82, 2.24) is 14.2 Å². The van der Waals surface area contributed by atoms with Gasteiger partial charge in [-0.2, -0.15) is 4.31 Å². The van der Waals surface area contributed by atoms with Crippen LogP contribution in [-0.2, 0) is 26.1 Å². The topological polar surface area (TPSA) is 79.8 Å². The highest BCUT2D eigenvalue weighted by atomic mass is 32.2. The molecule has 0 radical (unpaired) electrons. The first-order chi connectivity index (χ1) is 12.5. The average Bonchev–Trinajstić information content (AvgIpc) is 2.93. The number of amides is 1. The Morgan fingerprint density at radius 1 is 1.27 bits per heavy atom. The van der Waals surface area contributed by atoms with Gasteiger partial charge in [0.25, 0.3) is 0 Å². The molecule has 1 amide bonds. The molecule has 140 valence electrons. The van der Waals surface area contributed by atoms with E-state index < -0.39 is 20.9 Å². The van der Waals surface area contributed by atoms with Gasteiger partial charge in [-0.1, -0.05) is 6.42 Å². The van der Waals surface area contributed by atoms with E-state index in [9.17, 15) is 13.2 Å². The summed E-state index contributed by atoms with van der Waals surface area (Å²) < 4.78 is 34.0. The summed E-state index contributed by atoms with van der Waals surface area (Å²) in [4.78, 5) is 18.6. The molecule has 3 saturated heterocycles. The van der Waals surface area contributed by atoms with E-state index in [4.69, 9.17) is 4.74 Å². The largest absolute Gasteiger partial charge is 0.365 e. The van der Waals surface area contributed by atoms with Gasteiger partial charge in [-0.25, -0.2) is 8.42 Å². The Morgan fingerprint density at radius 3 is 2.73 bits per heavy atom. The molecule has 3 aliphatic heterocycles. The minimum atomic E-state index is -3.44. The first-order valence-electron chi connectivity index (χ1n) is 9.32. The molecule has 1 aliphatic carbocycles. The van der Waals surface area contributed by atoms with Crippen molar-refractivity contribution in [3.8, 4) is 0 Å². The van der Waals surface area contributed by atoms with Gasteiger partial charge in [0, 0.05) is 37.9 Å². The fraction of sp³-hybridized carbons (Fsp3) is 0.667. The summed E-state index contributed by atoms with van der Waals surface area (Å²) >= 11 is 0.